The summed E-state index contributed by atoms with van der Waals surface area (Å²) in [6.07, 6.45) is 36.3. The molecule has 0 aliphatic carbocycles. The summed E-state index contributed by atoms with van der Waals surface area (Å²) in [5.74, 6) is -4.60. The van der Waals surface area contributed by atoms with Crippen LogP contribution in [-0.4, -0.2) is 50.9 Å². The van der Waals surface area contributed by atoms with Gasteiger partial charge in [-0.25, -0.2) is 14.4 Å². The Bertz CT molecular complexity index is 1040. The third-order valence-electron chi connectivity index (χ3n) is 9.25. The Morgan fingerprint density at radius 1 is 0.333 bits per heavy atom. The first-order chi connectivity index (χ1) is 27.2. The van der Waals surface area contributed by atoms with Crippen LogP contribution in [0, 0.1) is 0 Å². The van der Waals surface area contributed by atoms with Crippen molar-refractivity contribution in [3.8, 4) is 0 Å². The smallest absolute Gasteiger partial charge is 0.335 e. The van der Waals surface area contributed by atoms with Crippen LogP contribution >= 0.6 is 0 Å². The van der Waals surface area contributed by atoms with Crippen LogP contribution in [0.25, 0.3) is 0 Å². The second kappa shape index (κ2) is 43.2. The molecule has 3 amide bonds. The standard InChI is InChI=1S/3C12H25NO.C9H6O6/c3*1-2-3-4-5-6-7-8-9-10-11-12(13)14;10-7(11)4-1-5(8(12)13)3-6(2-4)9(14)15/h3*2-11H2,1H3,(H2,13,14);1-3H,(H,10,11)(H,12,13)(H,14,15). The van der Waals surface area contributed by atoms with E-state index in [0.29, 0.717) is 19.3 Å². The van der Waals surface area contributed by atoms with E-state index in [9.17, 15) is 28.8 Å². The number of carboxylic acid groups (broad SMARTS) is 3. The fourth-order valence-corrected chi connectivity index (χ4v) is 5.83. The van der Waals surface area contributed by atoms with Crippen molar-refractivity contribution in [3.05, 3.63) is 34.9 Å². The van der Waals surface area contributed by atoms with Gasteiger partial charge in [0.1, 0.15) is 0 Å². The van der Waals surface area contributed by atoms with E-state index in [-0.39, 0.29) is 34.4 Å². The number of unbranched alkanes of at least 4 members (excludes halogenated alkanes) is 24. The molecule has 0 aliphatic rings. The van der Waals surface area contributed by atoms with E-state index in [4.69, 9.17) is 32.5 Å². The molecule has 1 rings (SSSR count). The highest BCUT2D eigenvalue weighted by Gasteiger charge is 2.14. The number of benzene rings is 1. The first kappa shape index (κ1) is 57.4. The van der Waals surface area contributed by atoms with E-state index in [2.05, 4.69) is 20.8 Å². The van der Waals surface area contributed by atoms with E-state index in [1.807, 2.05) is 0 Å². The second-order valence-electron chi connectivity index (χ2n) is 14.8. The largest absolute Gasteiger partial charge is 0.478 e. The molecule has 1 aromatic rings. The van der Waals surface area contributed by atoms with Crippen molar-refractivity contribution in [3.63, 3.8) is 0 Å². The van der Waals surface area contributed by atoms with E-state index in [0.717, 1.165) is 56.7 Å². The molecule has 9 N–H and O–H groups in total. The van der Waals surface area contributed by atoms with Crippen molar-refractivity contribution in [2.24, 2.45) is 17.2 Å². The van der Waals surface area contributed by atoms with Crippen molar-refractivity contribution in [1.29, 1.82) is 0 Å². The molecule has 0 aliphatic heterocycles. The van der Waals surface area contributed by atoms with Crippen LogP contribution in [0.5, 0.6) is 0 Å². The molecule has 0 atom stereocenters. The summed E-state index contributed by atoms with van der Waals surface area (Å²) in [4.78, 5) is 63.0. The van der Waals surface area contributed by atoms with Gasteiger partial charge in [-0.15, -0.1) is 0 Å². The van der Waals surface area contributed by atoms with E-state index in [1.54, 1.807) is 0 Å². The molecular formula is C45H81N3O9. The zero-order chi connectivity index (χ0) is 43.5. The number of carboxylic acids is 3. The Hall–Kier alpha value is -3.96. The van der Waals surface area contributed by atoms with Gasteiger partial charge in [0, 0.05) is 19.3 Å². The zero-order valence-electron chi connectivity index (χ0n) is 36.0. The fraction of sp³-hybridized carbons (Fsp3) is 0.733. The summed E-state index contributed by atoms with van der Waals surface area (Å²) in [6, 6.07) is 2.70. The summed E-state index contributed by atoms with van der Waals surface area (Å²) in [5.41, 5.74) is 14.0. The highest BCUT2D eigenvalue weighted by molar-refractivity contribution is 5.98. The normalized spacial score (nSPS) is 10.2. The Morgan fingerprint density at radius 3 is 0.632 bits per heavy atom. The van der Waals surface area contributed by atoms with Crippen molar-refractivity contribution in [1.82, 2.24) is 0 Å². The average Bonchev–Trinajstić information content (AvgIpc) is 3.16. The van der Waals surface area contributed by atoms with Gasteiger partial charge in [0.05, 0.1) is 16.7 Å². The number of carbonyl (C=O) groups excluding carboxylic acids is 3. The predicted molar refractivity (Wildman–Crippen MR) is 230 cm³/mol. The van der Waals surface area contributed by atoms with Crippen molar-refractivity contribution >= 4 is 35.6 Å². The lowest BCUT2D eigenvalue weighted by Gasteiger charge is -2.00. The highest BCUT2D eigenvalue weighted by Crippen LogP contribution is 2.13. The predicted octanol–water partition coefficient (Wildman–Crippen LogP) is 11.0. The fourth-order valence-electron chi connectivity index (χ4n) is 5.83. The highest BCUT2D eigenvalue weighted by atomic mass is 16.4. The van der Waals surface area contributed by atoms with Crippen LogP contribution < -0.4 is 17.2 Å². The third kappa shape index (κ3) is 46.3. The van der Waals surface area contributed by atoms with Crippen LogP contribution in [0.2, 0.25) is 0 Å². The summed E-state index contributed by atoms with van der Waals surface area (Å²) in [7, 11) is 0. The van der Waals surface area contributed by atoms with Gasteiger partial charge in [0.2, 0.25) is 17.7 Å². The lowest BCUT2D eigenvalue weighted by Crippen LogP contribution is -2.09. The summed E-state index contributed by atoms with van der Waals surface area (Å²) in [5, 5.41) is 25.8. The zero-order valence-corrected chi connectivity index (χ0v) is 36.0. The van der Waals surface area contributed by atoms with E-state index < -0.39 is 17.9 Å². The van der Waals surface area contributed by atoms with Gasteiger partial charge < -0.3 is 32.5 Å². The number of aromatic carboxylic acids is 3. The quantitative estimate of drug-likeness (QED) is 0.0369. The number of amides is 3. The lowest BCUT2D eigenvalue weighted by molar-refractivity contribution is -0.119. The molecule has 0 unspecified atom stereocenters. The van der Waals surface area contributed by atoms with Crippen LogP contribution in [0.1, 0.15) is 244 Å². The molecular weight excluding hydrogens is 727 g/mol. The van der Waals surface area contributed by atoms with Gasteiger partial charge >= 0.3 is 17.9 Å². The molecule has 0 bridgehead atoms. The minimum atomic E-state index is -1.37. The molecule has 0 heterocycles. The van der Waals surface area contributed by atoms with Crippen LogP contribution in [0.15, 0.2) is 18.2 Å². The molecule has 0 spiro atoms. The van der Waals surface area contributed by atoms with Gasteiger partial charge in [-0.05, 0) is 37.5 Å². The summed E-state index contributed by atoms with van der Waals surface area (Å²) >= 11 is 0. The van der Waals surface area contributed by atoms with Crippen LogP contribution in [0.3, 0.4) is 0 Å². The summed E-state index contributed by atoms with van der Waals surface area (Å²) < 4.78 is 0. The van der Waals surface area contributed by atoms with Crippen molar-refractivity contribution in [2.45, 2.75) is 213 Å². The van der Waals surface area contributed by atoms with E-state index in [1.165, 1.54) is 135 Å². The number of nitrogens with two attached hydrogens (primary N) is 3. The van der Waals surface area contributed by atoms with E-state index >= 15 is 0 Å². The molecule has 0 saturated carbocycles. The molecule has 1 aromatic carbocycles. The lowest BCUT2D eigenvalue weighted by atomic mass is 10.1. The Morgan fingerprint density at radius 2 is 0.491 bits per heavy atom. The molecule has 0 radical (unpaired) electrons. The number of hydrogen-bond donors (Lipinski definition) is 6. The summed E-state index contributed by atoms with van der Waals surface area (Å²) in [6.45, 7) is 6.72. The van der Waals surface area contributed by atoms with Gasteiger partial charge in [-0.3, -0.25) is 14.4 Å². The Balaban J connectivity index is -0.000000683. The van der Waals surface area contributed by atoms with Gasteiger partial charge in [-0.2, -0.15) is 0 Å². The van der Waals surface area contributed by atoms with Crippen LogP contribution in [-0.2, 0) is 14.4 Å². The second-order valence-corrected chi connectivity index (χ2v) is 14.8. The van der Waals surface area contributed by atoms with Crippen molar-refractivity contribution < 1.29 is 44.1 Å². The molecule has 0 saturated heterocycles. The van der Waals surface area contributed by atoms with Crippen LogP contribution in [0.4, 0.5) is 0 Å². The Labute approximate surface area is 344 Å². The topological polar surface area (TPSA) is 241 Å². The van der Waals surface area contributed by atoms with Crippen molar-refractivity contribution in [2.75, 3.05) is 0 Å². The SMILES string of the molecule is CCCCCCCCCCCC(N)=O.CCCCCCCCCCCC(N)=O.CCCCCCCCCCCC(N)=O.O=C(O)c1cc(C(=O)O)cc(C(=O)O)c1. The number of carbonyl (C=O) groups is 6. The number of primary amides is 3. The first-order valence-corrected chi connectivity index (χ1v) is 21.9. The maximum Gasteiger partial charge on any atom is 0.335 e. The van der Waals surface area contributed by atoms with Gasteiger partial charge in [-0.1, -0.05) is 175 Å². The molecule has 330 valence electrons. The Kier molecular flexibility index (Phi) is 43.4. The number of hydrogen-bond acceptors (Lipinski definition) is 6. The number of rotatable bonds is 33. The maximum atomic E-state index is 10.6. The van der Waals surface area contributed by atoms with Gasteiger partial charge in [0.15, 0.2) is 0 Å². The molecule has 0 aromatic heterocycles. The minimum Gasteiger partial charge on any atom is -0.478 e. The minimum absolute atomic E-state index is 0.159. The molecule has 57 heavy (non-hydrogen) atoms. The van der Waals surface area contributed by atoms with Gasteiger partial charge in [0.25, 0.3) is 0 Å². The average molecular weight is 808 g/mol. The monoisotopic (exact) mass is 808 g/mol. The first-order valence-electron chi connectivity index (χ1n) is 21.9. The third-order valence-corrected chi connectivity index (χ3v) is 9.25. The molecule has 12 nitrogen and oxygen atoms in total. The molecule has 0 fully saturated rings. The maximum absolute atomic E-state index is 10.6. The molecule has 12 heteroatoms.